The predicted molar refractivity (Wildman–Crippen MR) is 65.0 cm³/mol. The molecule has 98 valence electrons. The molecule has 0 spiro atoms. The summed E-state index contributed by atoms with van der Waals surface area (Å²) in [6.45, 7) is 0. The number of amides is 1. The predicted octanol–water partition coefficient (Wildman–Crippen LogP) is 0.0456. The van der Waals surface area contributed by atoms with Crippen molar-refractivity contribution >= 4 is 21.7 Å². The maximum absolute atomic E-state index is 11.7. The minimum Gasteiger partial charge on any atom is -0.478 e. The lowest BCUT2D eigenvalue weighted by atomic mass is 10.1. The molecule has 0 saturated carbocycles. The fourth-order valence-corrected chi connectivity index (χ4v) is 2.79. The monoisotopic (exact) mass is 271 g/mol. The van der Waals surface area contributed by atoms with Crippen LogP contribution < -0.4 is 5.32 Å². The molecule has 0 heterocycles. The van der Waals surface area contributed by atoms with Gasteiger partial charge in [-0.05, 0) is 11.6 Å². The first kappa shape index (κ1) is 14.2. The second-order valence-corrected chi connectivity index (χ2v) is 5.73. The number of nitrogens with one attached hydrogen (secondary N) is 1. The van der Waals surface area contributed by atoms with Crippen LogP contribution in [-0.2, 0) is 20.4 Å². The van der Waals surface area contributed by atoms with Gasteiger partial charge in [-0.2, -0.15) is 0 Å². The lowest BCUT2D eigenvalue weighted by Gasteiger charge is -2.06. The highest BCUT2D eigenvalue weighted by Gasteiger charge is 2.19. The van der Waals surface area contributed by atoms with Gasteiger partial charge in [-0.25, -0.2) is 13.2 Å². The molecule has 0 aromatic heterocycles. The number of hydrogen-bond acceptors (Lipinski definition) is 4. The van der Waals surface area contributed by atoms with Crippen LogP contribution in [0.1, 0.15) is 15.9 Å². The second-order valence-electron chi connectivity index (χ2n) is 3.67. The van der Waals surface area contributed by atoms with Crippen LogP contribution in [0, 0.1) is 0 Å². The van der Waals surface area contributed by atoms with Gasteiger partial charge in [-0.1, -0.05) is 18.2 Å². The minimum atomic E-state index is -3.68. The molecule has 1 amide bonds. The Morgan fingerprint density at radius 2 is 1.89 bits per heavy atom. The molecule has 0 aliphatic heterocycles. The van der Waals surface area contributed by atoms with Crippen molar-refractivity contribution in [3.63, 3.8) is 0 Å². The summed E-state index contributed by atoms with van der Waals surface area (Å²) in [6.07, 6.45) is 0. The van der Waals surface area contributed by atoms with Gasteiger partial charge in [0.1, 0.15) is 5.75 Å². The van der Waals surface area contributed by atoms with Crippen LogP contribution in [0.3, 0.4) is 0 Å². The molecule has 1 aromatic rings. The van der Waals surface area contributed by atoms with Gasteiger partial charge >= 0.3 is 5.97 Å². The number of rotatable bonds is 5. The van der Waals surface area contributed by atoms with Gasteiger partial charge in [0.25, 0.3) is 0 Å². The van der Waals surface area contributed by atoms with Crippen LogP contribution in [0.25, 0.3) is 0 Å². The number of carboxylic acids is 1. The van der Waals surface area contributed by atoms with Gasteiger partial charge < -0.3 is 10.4 Å². The Morgan fingerprint density at radius 1 is 1.28 bits per heavy atom. The van der Waals surface area contributed by atoms with E-state index in [2.05, 4.69) is 5.32 Å². The van der Waals surface area contributed by atoms with Crippen molar-refractivity contribution in [2.45, 2.75) is 5.75 Å². The van der Waals surface area contributed by atoms with Gasteiger partial charge in [0.2, 0.25) is 5.91 Å². The highest BCUT2D eigenvalue weighted by molar-refractivity contribution is 7.91. The molecule has 0 radical (unpaired) electrons. The molecule has 0 saturated heterocycles. The van der Waals surface area contributed by atoms with E-state index in [1.165, 1.54) is 25.2 Å². The Balaban J connectivity index is 2.98. The fraction of sp³-hybridized carbons (Fsp3) is 0.273. The zero-order chi connectivity index (χ0) is 13.8. The Morgan fingerprint density at radius 3 is 2.44 bits per heavy atom. The Bertz CT molecular complexity index is 565. The van der Waals surface area contributed by atoms with E-state index in [-0.39, 0.29) is 11.1 Å². The summed E-state index contributed by atoms with van der Waals surface area (Å²) in [5.74, 6) is -2.94. The van der Waals surface area contributed by atoms with Crippen LogP contribution in [0.15, 0.2) is 24.3 Å². The molecular formula is C11H13NO5S. The summed E-state index contributed by atoms with van der Waals surface area (Å²) in [5.41, 5.74) is 0.104. The minimum absolute atomic E-state index is 0.0713. The van der Waals surface area contributed by atoms with Gasteiger partial charge in [0.05, 0.1) is 11.3 Å². The molecule has 7 heteroatoms. The topological polar surface area (TPSA) is 101 Å². The molecule has 18 heavy (non-hydrogen) atoms. The van der Waals surface area contributed by atoms with Crippen molar-refractivity contribution in [1.82, 2.24) is 5.32 Å². The lowest BCUT2D eigenvalue weighted by Crippen LogP contribution is -2.28. The van der Waals surface area contributed by atoms with E-state index < -0.39 is 33.2 Å². The molecule has 0 fully saturated rings. The van der Waals surface area contributed by atoms with E-state index in [0.29, 0.717) is 0 Å². The lowest BCUT2D eigenvalue weighted by molar-refractivity contribution is -0.118. The summed E-state index contributed by atoms with van der Waals surface area (Å²) in [5, 5.41) is 11.1. The van der Waals surface area contributed by atoms with Crippen molar-refractivity contribution in [3.8, 4) is 0 Å². The van der Waals surface area contributed by atoms with Gasteiger partial charge in [-0.3, -0.25) is 4.79 Å². The summed E-state index contributed by atoms with van der Waals surface area (Å²) in [6, 6.07) is 5.81. The number of aromatic carboxylic acids is 1. The standard InChI is InChI=1S/C11H13NO5S/c1-12-10(13)7-18(16,17)6-8-4-2-3-5-9(8)11(14)15/h2-5H,6-7H2,1H3,(H,12,13)(H,14,15). The number of carbonyl (C=O) groups excluding carboxylic acids is 1. The Labute approximate surface area is 105 Å². The first-order valence-corrected chi connectivity index (χ1v) is 6.90. The van der Waals surface area contributed by atoms with Crippen molar-refractivity contribution in [1.29, 1.82) is 0 Å². The van der Waals surface area contributed by atoms with Crippen molar-refractivity contribution in [2.75, 3.05) is 12.8 Å². The molecule has 1 aromatic carbocycles. The third-order valence-electron chi connectivity index (χ3n) is 2.25. The van der Waals surface area contributed by atoms with E-state index >= 15 is 0 Å². The first-order valence-electron chi connectivity index (χ1n) is 5.08. The van der Waals surface area contributed by atoms with Crippen LogP contribution in [-0.4, -0.2) is 38.2 Å². The number of hydrogen-bond donors (Lipinski definition) is 2. The molecule has 0 bridgehead atoms. The summed E-state index contributed by atoms with van der Waals surface area (Å²) < 4.78 is 23.4. The van der Waals surface area contributed by atoms with E-state index in [9.17, 15) is 18.0 Å². The summed E-state index contributed by atoms with van der Waals surface area (Å²) in [4.78, 5) is 21.9. The molecule has 2 N–H and O–H groups in total. The number of sulfone groups is 1. The van der Waals surface area contributed by atoms with E-state index in [1.807, 2.05) is 0 Å². The largest absolute Gasteiger partial charge is 0.478 e. The average molecular weight is 271 g/mol. The third kappa shape index (κ3) is 3.85. The van der Waals surface area contributed by atoms with Crippen LogP contribution in [0.5, 0.6) is 0 Å². The third-order valence-corrected chi connectivity index (χ3v) is 3.71. The number of benzene rings is 1. The molecule has 0 aliphatic rings. The zero-order valence-corrected chi connectivity index (χ0v) is 10.5. The van der Waals surface area contributed by atoms with E-state index in [0.717, 1.165) is 0 Å². The molecule has 1 rings (SSSR count). The molecule has 6 nitrogen and oxygen atoms in total. The quantitative estimate of drug-likeness (QED) is 0.787. The smallest absolute Gasteiger partial charge is 0.335 e. The average Bonchev–Trinajstić information content (AvgIpc) is 2.28. The summed E-state index contributed by atoms with van der Waals surface area (Å²) >= 11 is 0. The van der Waals surface area contributed by atoms with Crippen molar-refractivity contribution < 1.29 is 23.1 Å². The highest BCUT2D eigenvalue weighted by atomic mass is 32.2. The van der Waals surface area contributed by atoms with Crippen LogP contribution in [0.4, 0.5) is 0 Å². The van der Waals surface area contributed by atoms with Gasteiger partial charge in [0.15, 0.2) is 9.84 Å². The van der Waals surface area contributed by atoms with Crippen molar-refractivity contribution in [3.05, 3.63) is 35.4 Å². The number of carbonyl (C=O) groups is 2. The van der Waals surface area contributed by atoms with Gasteiger partial charge in [-0.15, -0.1) is 0 Å². The first-order chi connectivity index (χ1) is 8.35. The molecule has 0 atom stereocenters. The van der Waals surface area contributed by atoms with E-state index in [1.54, 1.807) is 6.07 Å². The maximum Gasteiger partial charge on any atom is 0.335 e. The SMILES string of the molecule is CNC(=O)CS(=O)(=O)Cc1ccccc1C(=O)O. The van der Waals surface area contributed by atoms with E-state index in [4.69, 9.17) is 5.11 Å². The second kappa shape index (κ2) is 5.63. The van der Waals surface area contributed by atoms with Gasteiger partial charge in [0, 0.05) is 7.05 Å². The normalized spacial score (nSPS) is 10.9. The van der Waals surface area contributed by atoms with Crippen molar-refractivity contribution in [2.24, 2.45) is 0 Å². The fourth-order valence-electron chi connectivity index (χ4n) is 1.41. The zero-order valence-electron chi connectivity index (χ0n) is 9.71. The number of carboxylic acid groups (broad SMARTS) is 1. The van der Waals surface area contributed by atoms with Crippen LogP contribution in [0.2, 0.25) is 0 Å². The molecule has 0 unspecified atom stereocenters. The molecule has 0 aliphatic carbocycles. The highest BCUT2D eigenvalue weighted by Crippen LogP contribution is 2.13. The molecular weight excluding hydrogens is 258 g/mol. The Hall–Kier alpha value is -1.89. The summed E-state index contributed by atoms with van der Waals surface area (Å²) in [7, 11) is -2.34. The Kier molecular flexibility index (Phi) is 4.43. The maximum atomic E-state index is 11.7. The van der Waals surface area contributed by atoms with Crippen LogP contribution >= 0.6 is 0 Å².